The highest BCUT2D eigenvalue weighted by Gasteiger charge is 2.62. The molecule has 5 heteroatoms. The van der Waals surface area contributed by atoms with E-state index < -0.39 is 5.79 Å². The van der Waals surface area contributed by atoms with Crippen LogP contribution in [0.5, 0.6) is 0 Å². The standard InChI is InChI=1S/C14H18O5/c1-16-13(15)8-7-9-11(12-10(8)17-12)19-14(18-9)5-3-2-4-6-14/h7,9-12H,2-6H2,1H3/t9-,10+,11-,12+/m0/s1. The fraction of sp³-hybridized carbons (Fsp3) is 0.786. The maximum atomic E-state index is 11.7. The highest BCUT2D eigenvalue weighted by Crippen LogP contribution is 2.49. The predicted octanol–water partition coefficient (Wildman–Crippen LogP) is 1.31. The molecule has 5 nitrogen and oxygen atoms in total. The van der Waals surface area contributed by atoms with Gasteiger partial charge in [0, 0.05) is 12.8 Å². The van der Waals surface area contributed by atoms with Crippen LogP contribution >= 0.6 is 0 Å². The van der Waals surface area contributed by atoms with E-state index in [-0.39, 0.29) is 30.4 Å². The largest absolute Gasteiger partial charge is 0.466 e. The molecule has 4 atom stereocenters. The van der Waals surface area contributed by atoms with Crippen LogP contribution in [0.15, 0.2) is 11.6 Å². The zero-order valence-electron chi connectivity index (χ0n) is 11.0. The SMILES string of the molecule is COC(=O)C1=C[C@@H]2OC3(CCCCC3)O[C@@H]2[C@@H]2O[C@H]12. The lowest BCUT2D eigenvalue weighted by Gasteiger charge is -2.31. The van der Waals surface area contributed by atoms with Gasteiger partial charge in [-0.05, 0) is 18.9 Å². The summed E-state index contributed by atoms with van der Waals surface area (Å²) in [5.41, 5.74) is 0.588. The van der Waals surface area contributed by atoms with Gasteiger partial charge in [0.25, 0.3) is 0 Å². The number of carbonyl (C=O) groups excluding carboxylic acids is 1. The topological polar surface area (TPSA) is 57.3 Å². The van der Waals surface area contributed by atoms with Crippen molar-refractivity contribution >= 4 is 5.97 Å². The smallest absolute Gasteiger partial charge is 0.336 e. The van der Waals surface area contributed by atoms with Crippen molar-refractivity contribution in [3.63, 3.8) is 0 Å². The monoisotopic (exact) mass is 266 g/mol. The van der Waals surface area contributed by atoms with E-state index in [2.05, 4.69) is 0 Å². The summed E-state index contributed by atoms with van der Waals surface area (Å²) in [7, 11) is 1.39. The maximum Gasteiger partial charge on any atom is 0.336 e. The highest BCUT2D eigenvalue weighted by atomic mass is 16.8. The van der Waals surface area contributed by atoms with Crippen LogP contribution in [-0.2, 0) is 23.7 Å². The lowest BCUT2D eigenvalue weighted by molar-refractivity contribution is -0.192. The van der Waals surface area contributed by atoms with Crippen LogP contribution in [-0.4, -0.2) is 43.3 Å². The van der Waals surface area contributed by atoms with Gasteiger partial charge in [0.05, 0.1) is 12.7 Å². The van der Waals surface area contributed by atoms with Gasteiger partial charge in [-0.1, -0.05) is 6.42 Å². The first-order valence-corrected chi connectivity index (χ1v) is 7.04. The normalized spacial score (nSPS) is 42.3. The number of methoxy groups -OCH3 is 1. The van der Waals surface area contributed by atoms with E-state index >= 15 is 0 Å². The minimum atomic E-state index is -0.438. The van der Waals surface area contributed by atoms with E-state index in [9.17, 15) is 4.79 Å². The van der Waals surface area contributed by atoms with Gasteiger partial charge in [-0.15, -0.1) is 0 Å². The summed E-state index contributed by atoms with van der Waals surface area (Å²) < 4.78 is 22.7. The van der Waals surface area contributed by atoms with Crippen molar-refractivity contribution in [2.45, 2.75) is 62.3 Å². The second-order valence-electron chi connectivity index (χ2n) is 5.77. The van der Waals surface area contributed by atoms with Gasteiger partial charge < -0.3 is 18.9 Å². The predicted molar refractivity (Wildman–Crippen MR) is 64.3 cm³/mol. The molecule has 0 aromatic heterocycles. The summed E-state index contributed by atoms with van der Waals surface area (Å²) >= 11 is 0. The van der Waals surface area contributed by atoms with E-state index in [1.807, 2.05) is 6.08 Å². The summed E-state index contributed by atoms with van der Waals surface area (Å²) in [6.07, 6.45) is 6.83. The molecular weight excluding hydrogens is 248 g/mol. The fourth-order valence-electron chi connectivity index (χ4n) is 3.56. The van der Waals surface area contributed by atoms with Crippen LogP contribution in [0.2, 0.25) is 0 Å². The van der Waals surface area contributed by atoms with Crippen LogP contribution in [0.25, 0.3) is 0 Å². The zero-order chi connectivity index (χ0) is 13.0. The Bertz CT molecular complexity index is 437. The Hall–Kier alpha value is -0.910. The molecule has 2 aliphatic carbocycles. The summed E-state index contributed by atoms with van der Waals surface area (Å²) in [6.45, 7) is 0. The first-order chi connectivity index (χ1) is 9.22. The maximum absolute atomic E-state index is 11.7. The molecule has 4 aliphatic rings. The van der Waals surface area contributed by atoms with Gasteiger partial charge >= 0.3 is 5.97 Å². The number of esters is 1. The lowest BCUT2D eigenvalue weighted by Crippen LogP contribution is -2.35. The Balaban J connectivity index is 1.59. The van der Waals surface area contributed by atoms with E-state index in [0.29, 0.717) is 5.57 Å². The van der Waals surface area contributed by atoms with Crippen LogP contribution in [0.4, 0.5) is 0 Å². The van der Waals surface area contributed by atoms with Crippen molar-refractivity contribution < 1.29 is 23.7 Å². The second kappa shape index (κ2) is 4.04. The average Bonchev–Trinajstić information content (AvgIpc) is 3.15. The van der Waals surface area contributed by atoms with Crippen LogP contribution < -0.4 is 0 Å². The molecule has 0 radical (unpaired) electrons. The van der Waals surface area contributed by atoms with Crippen molar-refractivity contribution in [2.75, 3.05) is 7.11 Å². The van der Waals surface area contributed by atoms with E-state index in [4.69, 9.17) is 18.9 Å². The third kappa shape index (κ3) is 1.75. The molecule has 0 aromatic rings. The van der Waals surface area contributed by atoms with Gasteiger partial charge in [0.2, 0.25) is 0 Å². The molecule has 0 N–H and O–H groups in total. The highest BCUT2D eigenvalue weighted by molar-refractivity contribution is 5.90. The quantitative estimate of drug-likeness (QED) is 0.529. The molecule has 2 saturated heterocycles. The van der Waals surface area contributed by atoms with Gasteiger partial charge in [0.1, 0.15) is 24.4 Å². The Kier molecular flexibility index (Phi) is 2.53. The molecule has 0 aromatic carbocycles. The van der Waals surface area contributed by atoms with E-state index in [1.165, 1.54) is 13.5 Å². The van der Waals surface area contributed by atoms with Crippen LogP contribution in [0.3, 0.4) is 0 Å². The lowest BCUT2D eigenvalue weighted by atomic mass is 9.94. The number of fused-ring (bicyclic) bond motifs is 3. The third-order valence-electron chi connectivity index (χ3n) is 4.56. The van der Waals surface area contributed by atoms with E-state index in [1.54, 1.807) is 0 Å². The number of ether oxygens (including phenoxy) is 4. The molecule has 4 rings (SSSR count). The van der Waals surface area contributed by atoms with Gasteiger partial charge in [-0.3, -0.25) is 0 Å². The number of rotatable bonds is 1. The zero-order valence-corrected chi connectivity index (χ0v) is 11.0. The van der Waals surface area contributed by atoms with Crippen molar-refractivity contribution in [3.05, 3.63) is 11.6 Å². The number of hydrogen-bond donors (Lipinski definition) is 0. The molecule has 0 unspecified atom stereocenters. The van der Waals surface area contributed by atoms with Crippen molar-refractivity contribution in [3.8, 4) is 0 Å². The summed E-state index contributed by atoms with van der Waals surface area (Å²) in [4.78, 5) is 11.7. The third-order valence-corrected chi connectivity index (χ3v) is 4.56. The molecule has 19 heavy (non-hydrogen) atoms. The second-order valence-corrected chi connectivity index (χ2v) is 5.77. The van der Waals surface area contributed by atoms with Gasteiger partial charge in [0.15, 0.2) is 5.79 Å². The molecule has 1 spiro atoms. The van der Waals surface area contributed by atoms with Crippen molar-refractivity contribution in [1.29, 1.82) is 0 Å². The Morgan fingerprint density at radius 3 is 2.79 bits per heavy atom. The molecule has 2 heterocycles. The molecule has 104 valence electrons. The average molecular weight is 266 g/mol. The number of hydrogen-bond acceptors (Lipinski definition) is 5. The van der Waals surface area contributed by atoms with Crippen LogP contribution in [0.1, 0.15) is 32.1 Å². The summed E-state index contributed by atoms with van der Waals surface area (Å²) in [6, 6.07) is 0. The van der Waals surface area contributed by atoms with Crippen molar-refractivity contribution in [1.82, 2.24) is 0 Å². The summed E-state index contributed by atoms with van der Waals surface area (Å²) in [5.74, 6) is -0.759. The van der Waals surface area contributed by atoms with Crippen molar-refractivity contribution in [2.24, 2.45) is 0 Å². The molecule has 2 aliphatic heterocycles. The first kappa shape index (κ1) is 11.9. The van der Waals surface area contributed by atoms with Gasteiger partial charge in [-0.25, -0.2) is 4.79 Å². The first-order valence-electron chi connectivity index (χ1n) is 7.04. The minimum Gasteiger partial charge on any atom is -0.466 e. The fourth-order valence-corrected chi connectivity index (χ4v) is 3.56. The van der Waals surface area contributed by atoms with Gasteiger partial charge in [-0.2, -0.15) is 0 Å². The molecule has 0 amide bonds. The number of epoxide rings is 1. The molecule has 1 saturated carbocycles. The number of carbonyl (C=O) groups is 1. The Labute approximate surface area is 111 Å². The Morgan fingerprint density at radius 1 is 1.26 bits per heavy atom. The minimum absolute atomic E-state index is 0.0367. The Morgan fingerprint density at radius 2 is 2.05 bits per heavy atom. The molecule has 3 fully saturated rings. The summed E-state index contributed by atoms with van der Waals surface area (Å²) in [5, 5.41) is 0. The van der Waals surface area contributed by atoms with E-state index in [0.717, 1.165) is 25.7 Å². The molecular formula is C14H18O5. The van der Waals surface area contributed by atoms with Crippen LogP contribution in [0, 0.1) is 0 Å². The molecule has 0 bridgehead atoms.